The smallest absolute Gasteiger partial charge is 0.246 e. The summed E-state index contributed by atoms with van der Waals surface area (Å²) < 4.78 is 9.94. The molecule has 0 fully saturated rings. The van der Waals surface area contributed by atoms with E-state index in [0.717, 1.165) is 19.3 Å². The molecule has 0 aliphatic carbocycles. The predicted molar refractivity (Wildman–Crippen MR) is 67.8 cm³/mol. The zero-order valence-corrected chi connectivity index (χ0v) is 11.0. The maximum Gasteiger partial charge on any atom is 0.246 e. The predicted octanol–water partition coefficient (Wildman–Crippen LogP) is 0.531. The highest BCUT2D eigenvalue weighted by Gasteiger charge is 2.08. The highest BCUT2D eigenvalue weighted by Crippen LogP contribution is 2.08. The Kier molecular flexibility index (Phi) is 11.4. The Bertz CT molecular complexity index is 183. The van der Waals surface area contributed by atoms with Crippen molar-refractivity contribution in [1.29, 1.82) is 0 Å². The molecule has 1 amide bonds. The lowest BCUT2D eigenvalue weighted by molar-refractivity contribution is -0.126. The maximum atomic E-state index is 11.4. The van der Waals surface area contributed by atoms with Gasteiger partial charge in [0.05, 0.1) is 13.2 Å². The van der Waals surface area contributed by atoms with Gasteiger partial charge < -0.3 is 20.5 Å². The highest BCUT2D eigenvalue weighted by molar-refractivity contribution is 5.77. The number of carbonyl (C=O) groups excluding carboxylic acids is 1. The van der Waals surface area contributed by atoms with Gasteiger partial charge in [-0.05, 0) is 25.3 Å². The fourth-order valence-electron chi connectivity index (χ4n) is 1.61. The molecular formula is C12H26N2O3. The summed E-state index contributed by atoms with van der Waals surface area (Å²) >= 11 is 0. The summed E-state index contributed by atoms with van der Waals surface area (Å²) in [6.45, 7) is 4.57. The van der Waals surface area contributed by atoms with Crippen molar-refractivity contribution >= 4 is 5.91 Å². The Balaban J connectivity index is 3.57. The Morgan fingerprint density at radius 1 is 1.35 bits per heavy atom. The number of amides is 1. The monoisotopic (exact) mass is 246 g/mol. The molecule has 1 unspecified atom stereocenters. The Labute approximate surface area is 104 Å². The third-order valence-corrected chi connectivity index (χ3v) is 2.52. The number of methoxy groups -OCH3 is 1. The lowest BCUT2D eigenvalue weighted by atomic mass is 10.00. The van der Waals surface area contributed by atoms with Gasteiger partial charge in [0.1, 0.15) is 6.61 Å². The van der Waals surface area contributed by atoms with Crippen molar-refractivity contribution in [3.8, 4) is 0 Å². The van der Waals surface area contributed by atoms with E-state index in [4.69, 9.17) is 15.2 Å². The standard InChI is InChI=1S/C12H26N2O3/c1-3-4-11(5-6-13)9-14-12(15)10-17-8-7-16-2/h11H,3-10,13H2,1-2H3,(H,14,15). The van der Waals surface area contributed by atoms with E-state index in [1.165, 1.54) is 0 Å². The third-order valence-electron chi connectivity index (χ3n) is 2.52. The van der Waals surface area contributed by atoms with Crippen LogP contribution in [0.2, 0.25) is 0 Å². The first-order valence-corrected chi connectivity index (χ1v) is 6.28. The number of nitrogens with two attached hydrogens (primary N) is 1. The van der Waals surface area contributed by atoms with Gasteiger partial charge in [-0.3, -0.25) is 4.79 Å². The van der Waals surface area contributed by atoms with E-state index in [-0.39, 0.29) is 12.5 Å². The summed E-state index contributed by atoms with van der Waals surface area (Å²) in [5.74, 6) is 0.409. The lowest BCUT2D eigenvalue weighted by Gasteiger charge is -2.15. The molecule has 0 aromatic carbocycles. The van der Waals surface area contributed by atoms with Gasteiger partial charge in [-0.2, -0.15) is 0 Å². The van der Waals surface area contributed by atoms with E-state index in [9.17, 15) is 4.79 Å². The summed E-state index contributed by atoms with van der Waals surface area (Å²) in [7, 11) is 1.60. The fourth-order valence-corrected chi connectivity index (χ4v) is 1.61. The van der Waals surface area contributed by atoms with Gasteiger partial charge in [-0.15, -0.1) is 0 Å². The first kappa shape index (κ1) is 16.4. The van der Waals surface area contributed by atoms with Crippen molar-refractivity contribution in [2.24, 2.45) is 11.7 Å². The van der Waals surface area contributed by atoms with Crippen LogP contribution in [0, 0.1) is 5.92 Å². The van der Waals surface area contributed by atoms with E-state index < -0.39 is 0 Å². The maximum absolute atomic E-state index is 11.4. The molecule has 0 spiro atoms. The highest BCUT2D eigenvalue weighted by atomic mass is 16.5. The molecule has 5 nitrogen and oxygen atoms in total. The molecular weight excluding hydrogens is 220 g/mol. The largest absolute Gasteiger partial charge is 0.382 e. The quantitative estimate of drug-likeness (QED) is 0.522. The topological polar surface area (TPSA) is 73.6 Å². The molecule has 1 atom stereocenters. The Morgan fingerprint density at radius 2 is 2.12 bits per heavy atom. The minimum absolute atomic E-state index is 0.0702. The van der Waals surface area contributed by atoms with Gasteiger partial charge >= 0.3 is 0 Å². The van der Waals surface area contributed by atoms with Gasteiger partial charge in [0.25, 0.3) is 0 Å². The van der Waals surface area contributed by atoms with E-state index >= 15 is 0 Å². The summed E-state index contributed by atoms with van der Waals surface area (Å²) in [6, 6.07) is 0. The van der Waals surface area contributed by atoms with Crippen molar-refractivity contribution in [1.82, 2.24) is 5.32 Å². The van der Waals surface area contributed by atoms with Gasteiger partial charge in [0.15, 0.2) is 0 Å². The SMILES string of the molecule is CCCC(CCN)CNC(=O)COCCOC. The van der Waals surface area contributed by atoms with Gasteiger partial charge in [0, 0.05) is 13.7 Å². The van der Waals surface area contributed by atoms with Crippen LogP contribution in [0.5, 0.6) is 0 Å². The average Bonchev–Trinajstić information content (AvgIpc) is 2.32. The van der Waals surface area contributed by atoms with Crippen molar-refractivity contribution < 1.29 is 14.3 Å². The molecule has 0 aromatic rings. The molecule has 102 valence electrons. The van der Waals surface area contributed by atoms with E-state index in [0.29, 0.717) is 32.2 Å². The minimum Gasteiger partial charge on any atom is -0.382 e. The minimum atomic E-state index is -0.0702. The molecule has 0 radical (unpaired) electrons. The second kappa shape index (κ2) is 11.8. The molecule has 0 heterocycles. The first-order chi connectivity index (χ1) is 8.24. The summed E-state index contributed by atoms with van der Waals surface area (Å²) in [5.41, 5.74) is 5.53. The number of hydrogen-bond donors (Lipinski definition) is 2. The summed E-state index contributed by atoms with van der Waals surface area (Å²) in [6.07, 6.45) is 3.17. The van der Waals surface area contributed by atoms with E-state index in [1.54, 1.807) is 7.11 Å². The van der Waals surface area contributed by atoms with Gasteiger partial charge in [-0.25, -0.2) is 0 Å². The zero-order valence-electron chi connectivity index (χ0n) is 11.0. The van der Waals surface area contributed by atoms with Crippen LogP contribution in [0.25, 0.3) is 0 Å². The lowest BCUT2D eigenvalue weighted by Crippen LogP contribution is -2.33. The number of carbonyl (C=O) groups is 1. The van der Waals surface area contributed by atoms with Crippen molar-refractivity contribution in [3.63, 3.8) is 0 Å². The third kappa shape index (κ3) is 10.2. The van der Waals surface area contributed by atoms with Gasteiger partial charge in [0.2, 0.25) is 5.91 Å². The fraction of sp³-hybridized carbons (Fsp3) is 0.917. The molecule has 0 aliphatic heterocycles. The van der Waals surface area contributed by atoms with Crippen LogP contribution in [-0.2, 0) is 14.3 Å². The van der Waals surface area contributed by atoms with E-state index in [1.807, 2.05) is 0 Å². The number of hydrogen-bond acceptors (Lipinski definition) is 4. The number of nitrogens with one attached hydrogen (secondary N) is 1. The van der Waals surface area contributed by atoms with Crippen LogP contribution in [0.15, 0.2) is 0 Å². The molecule has 5 heteroatoms. The molecule has 0 aliphatic rings. The Hall–Kier alpha value is -0.650. The molecule has 17 heavy (non-hydrogen) atoms. The van der Waals surface area contributed by atoms with Crippen molar-refractivity contribution in [2.45, 2.75) is 26.2 Å². The molecule has 0 saturated carbocycles. The van der Waals surface area contributed by atoms with Crippen LogP contribution >= 0.6 is 0 Å². The van der Waals surface area contributed by atoms with Crippen LogP contribution in [-0.4, -0.2) is 45.9 Å². The van der Waals surface area contributed by atoms with Crippen LogP contribution in [0.4, 0.5) is 0 Å². The second-order valence-corrected chi connectivity index (χ2v) is 4.08. The zero-order chi connectivity index (χ0) is 12.9. The molecule has 0 bridgehead atoms. The average molecular weight is 246 g/mol. The molecule has 0 aromatic heterocycles. The molecule has 0 rings (SSSR count). The number of rotatable bonds is 11. The van der Waals surface area contributed by atoms with Crippen molar-refractivity contribution in [2.75, 3.05) is 40.0 Å². The Morgan fingerprint density at radius 3 is 2.71 bits per heavy atom. The van der Waals surface area contributed by atoms with Crippen LogP contribution < -0.4 is 11.1 Å². The second-order valence-electron chi connectivity index (χ2n) is 4.08. The normalized spacial score (nSPS) is 12.4. The first-order valence-electron chi connectivity index (χ1n) is 6.28. The summed E-state index contributed by atoms with van der Waals surface area (Å²) in [5, 5.41) is 2.87. The molecule has 0 saturated heterocycles. The van der Waals surface area contributed by atoms with E-state index in [2.05, 4.69) is 12.2 Å². The van der Waals surface area contributed by atoms with Crippen LogP contribution in [0.3, 0.4) is 0 Å². The number of ether oxygens (including phenoxy) is 2. The summed E-state index contributed by atoms with van der Waals surface area (Å²) in [4.78, 5) is 11.4. The van der Waals surface area contributed by atoms with Gasteiger partial charge in [-0.1, -0.05) is 13.3 Å². The molecule has 3 N–H and O–H groups in total. The van der Waals surface area contributed by atoms with Crippen molar-refractivity contribution in [3.05, 3.63) is 0 Å². The van der Waals surface area contributed by atoms with Crippen LogP contribution in [0.1, 0.15) is 26.2 Å².